The summed E-state index contributed by atoms with van der Waals surface area (Å²) in [5, 5.41) is 12.2. The van der Waals surface area contributed by atoms with Gasteiger partial charge in [0.2, 0.25) is 0 Å². The Morgan fingerprint density at radius 3 is 1.70 bits per heavy atom. The maximum atomic E-state index is 6.61. The Hall–Kier alpha value is -7.16. The largest absolute Gasteiger partial charge is 0.455 e. The molecule has 0 amide bonds. The highest BCUT2D eigenvalue weighted by atomic mass is 16.3. The van der Waals surface area contributed by atoms with Gasteiger partial charge in [0.1, 0.15) is 11.2 Å². The van der Waals surface area contributed by atoms with Crippen molar-refractivity contribution in [1.82, 2.24) is 0 Å². The average Bonchev–Trinajstić information content (AvgIpc) is 3.64. The quantitative estimate of drug-likeness (QED) is 0.168. The molecule has 252 valence electrons. The first-order valence-corrected chi connectivity index (χ1v) is 18.5. The van der Waals surface area contributed by atoms with Crippen LogP contribution in [0.15, 0.2) is 205 Å². The zero-order valence-electron chi connectivity index (χ0n) is 29.4. The van der Waals surface area contributed by atoms with E-state index in [-0.39, 0.29) is 0 Å². The summed E-state index contributed by atoms with van der Waals surface area (Å²) in [7, 11) is 0. The smallest absolute Gasteiger partial charge is 0.143 e. The van der Waals surface area contributed by atoms with Crippen LogP contribution in [0.25, 0.3) is 87.3 Å². The van der Waals surface area contributed by atoms with Gasteiger partial charge in [0.05, 0.1) is 5.69 Å². The molecule has 0 atom stereocenters. The molecule has 0 aliphatic heterocycles. The summed E-state index contributed by atoms with van der Waals surface area (Å²) in [6, 6.07) is 72.3. The molecule has 0 fully saturated rings. The van der Waals surface area contributed by atoms with Gasteiger partial charge in [-0.15, -0.1) is 0 Å². The molecule has 10 aromatic carbocycles. The third kappa shape index (κ3) is 4.81. The predicted molar refractivity (Wildman–Crippen MR) is 229 cm³/mol. The first-order chi connectivity index (χ1) is 26.8. The summed E-state index contributed by atoms with van der Waals surface area (Å²) in [5.74, 6) is 0. The van der Waals surface area contributed by atoms with E-state index in [2.05, 4.69) is 199 Å². The monoisotopic (exact) mass is 687 g/mol. The zero-order chi connectivity index (χ0) is 35.6. The molecular formula is C52H33NO. The number of para-hydroxylation sites is 1. The minimum absolute atomic E-state index is 0.896. The lowest BCUT2D eigenvalue weighted by Gasteiger charge is -2.28. The molecule has 0 unspecified atom stereocenters. The first-order valence-electron chi connectivity index (χ1n) is 18.5. The van der Waals surface area contributed by atoms with Crippen LogP contribution in [-0.2, 0) is 0 Å². The van der Waals surface area contributed by atoms with Crippen LogP contribution in [0.3, 0.4) is 0 Å². The molecular weight excluding hydrogens is 655 g/mol. The fraction of sp³-hybridized carbons (Fsp3) is 0. The van der Waals surface area contributed by atoms with E-state index in [1.165, 1.54) is 43.1 Å². The first kappa shape index (κ1) is 30.5. The zero-order valence-corrected chi connectivity index (χ0v) is 29.4. The van der Waals surface area contributed by atoms with E-state index in [1.807, 2.05) is 6.07 Å². The standard InChI is InChI=1S/C52H33NO/c1-2-12-34(13-3-1)45-31-30-44(51-48-20-10-11-21-50(48)54-52(45)51)36-24-26-39(27-25-36)53(40-28-29-43-38(32-40)23-22-35-14-4-6-16-41(35)43)49-33-37-15-5-7-17-42(37)46-18-8-9-19-47(46)49/h1-33H. The third-order valence-electron chi connectivity index (χ3n) is 11.0. The van der Waals surface area contributed by atoms with Crippen LogP contribution in [0, 0.1) is 0 Å². The van der Waals surface area contributed by atoms with Gasteiger partial charge in [-0.2, -0.15) is 0 Å². The second kappa shape index (κ2) is 12.2. The molecule has 0 radical (unpaired) electrons. The van der Waals surface area contributed by atoms with Crippen molar-refractivity contribution in [3.8, 4) is 22.3 Å². The third-order valence-corrected chi connectivity index (χ3v) is 11.0. The van der Waals surface area contributed by atoms with Crippen LogP contribution in [0.5, 0.6) is 0 Å². The number of nitrogens with zero attached hydrogens (tertiary/aromatic N) is 1. The highest BCUT2D eigenvalue weighted by Gasteiger charge is 2.20. The second-order valence-electron chi connectivity index (χ2n) is 14.1. The Morgan fingerprint density at radius 2 is 0.889 bits per heavy atom. The van der Waals surface area contributed by atoms with E-state index in [0.717, 1.165) is 61.3 Å². The molecule has 1 aromatic heterocycles. The van der Waals surface area contributed by atoms with Crippen molar-refractivity contribution in [2.75, 3.05) is 4.90 Å². The topological polar surface area (TPSA) is 16.4 Å². The van der Waals surface area contributed by atoms with Gasteiger partial charge in [-0.05, 0) is 96.9 Å². The van der Waals surface area contributed by atoms with Crippen molar-refractivity contribution < 1.29 is 4.42 Å². The van der Waals surface area contributed by atoms with Crippen LogP contribution in [0.2, 0.25) is 0 Å². The molecule has 2 nitrogen and oxygen atoms in total. The van der Waals surface area contributed by atoms with Gasteiger partial charge >= 0.3 is 0 Å². The van der Waals surface area contributed by atoms with Crippen LogP contribution >= 0.6 is 0 Å². The second-order valence-corrected chi connectivity index (χ2v) is 14.1. The van der Waals surface area contributed by atoms with Crippen LogP contribution < -0.4 is 4.90 Å². The maximum absolute atomic E-state index is 6.61. The molecule has 0 bridgehead atoms. The summed E-state index contributed by atoms with van der Waals surface area (Å²) >= 11 is 0. The van der Waals surface area contributed by atoms with Gasteiger partial charge in [0, 0.05) is 33.1 Å². The number of hydrogen-bond donors (Lipinski definition) is 0. The van der Waals surface area contributed by atoms with Gasteiger partial charge < -0.3 is 9.32 Å². The van der Waals surface area contributed by atoms with Gasteiger partial charge in [0.25, 0.3) is 0 Å². The Morgan fingerprint density at radius 1 is 0.333 bits per heavy atom. The summed E-state index contributed by atoms with van der Waals surface area (Å²) < 4.78 is 6.61. The minimum Gasteiger partial charge on any atom is -0.455 e. The number of anilines is 3. The van der Waals surface area contributed by atoms with Crippen LogP contribution in [0.1, 0.15) is 0 Å². The van der Waals surface area contributed by atoms with E-state index in [1.54, 1.807) is 0 Å². The summed E-state index contributed by atoms with van der Waals surface area (Å²) in [6.07, 6.45) is 0. The number of benzene rings is 10. The van der Waals surface area contributed by atoms with Gasteiger partial charge in [-0.25, -0.2) is 0 Å². The van der Waals surface area contributed by atoms with E-state index in [4.69, 9.17) is 4.42 Å². The molecule has 11 aromatic rings. The molecule has 0 aliphatic carbocycles. The Kier molecular flexibility index (Phi) is 6.90. The number of furan rings is 1. The average molecular weight is 688 g/mol. The fourth-order valence-corrected chi connectivity index (χ4v) is 8.49. The molecule has 0 saturated carbocycles. The van der Waals surface area contributed by atoms with Crippen molar-refractivity contribution in [2.45, 2.75) is 0 Å². The van der Waals surface area contributed by atoms with Gasteiger partial charge in [-0.1, -0.05) is 158 Å². The Balaban J connectivity index is 1.12. The summed E-state index contributed by atoms with van der Waals surface area (Å²) in [4.78, 5) is 2.43. The highest BCUT2D eigenvalue weighted by molar-refractivity contribution is 6.17. The molecule has 0 N–H and O–H groups in total. The van der Waals surface area contributed by atoms with Crippen molar-refractivity contribution in [1.29, 1.82) is 0 Å². The predicted octanol–water partition coefficient (Wildman–Crippen LogP) is 15.0. The lowest BCUT2D eigenvalue weighted by molar-refractivity contribution is 0.670. The maximum Gasteiger partial charge on any atom is 0.143 e. The number of rotatable bonds is 5. The summed E-state index contributed by atoms with van der Waals surface area (Å²) in [6.45, 7) is 0. The molecule has 54 heavy (non-hydrogen) atoms. The van der Waals surface area contributed by atoms with E-state index in [0.29, 0.717) is 0 Å². The highest BCUT2D eigenvalue weighted by Crippen LogP contribution is 2.45. The lowest BCUT2D eigenvalue weighted by Crippen LogP contribution is -2.10. The number of fused-ring (bicyclic) bond motifs is 9. The van der Waals surface area contributed by atoms with Crippen molar-refractivity contribution in [2.24, 2.45) is 0 Å². The lowest BCUT2D eigenvalue weighted by atomic mass is 9.94. The Labute approximate surface area is 312 Å². The SMILES string of the molecule is c1ccc(-c2ccc(-c3ccc(N(c4ccc5c(ccc6ccccc65)c4)c4cc5ccccc5c5ccccc45)cc3)c3c2oc2ccccc23)cc1. The van der Waals surface area contributed by atoms with Crippen molar-refractivity contribution >= 4 is 82.1 Å². The van der Waals surface area contributed by atoms with E-state index >= 15 is 0 Å². The minimum atomic E-state index is 0.896. The summed E-state index contributed by atoms with van der Waals surface area (Å²) in [5.41, 5.74) is 9.70. The normalized spacial score (nSPS) is 11.7. The van der Waals surface area contributed by atoms with Gasteiger partial charge in [-0.3, -0.25) is 0 Å². The van der Waals surface area contributed by atoms with E-state index < -0.39 is 0 Å². The number of hydrogen-bond acceptors (Lipinski definition) is 2. The van der Waals surface area contributed by atoms with Gasteiger partial charge in [0.15, 0.2) is 0 Å². The van der Waals surface area contributed by atoms with Crippen LogP contribution in [-0.4, -0.2) is 0 Å². The molecule has 0 aliphatic rings. The molecule has 11 rings (SSSR count). The molecule has 1 heterocycles. The molecule has 0 saturated heterocycles. The molecule has 0 spiro atoms. The van der Waals surface area contributed by atoms with Crippen molar-refractivity contribution in [3.63, 3.8) is 0 Å². The van der Waals surface area contributed by atoms with Crippen LogP contribution in [0.4, 0.5) is 17.1 Å². The fourth-order valence-electron chi connectivity index (χ4n) is 8.49. The van der Waals surface area contributed by atoms with E-state index in [9.17, 15) is 0 Å². The van der Waals surface area contributed by atoms with Crippen molar-refractivity contribution in [3.05, 3.63) is 200 Å². The Bertz CT molecular complexity index is 3210. The molecule has 2 heteroatoms.